The van der Waals surface area contributed by atoms with E-state index in [1.807, 2.05) is 0 Å². The second-order valence-corrected chi connectivity index (χ2v) is 5.98. The average Bonchev–Trinajstić information content (AvgIpc) is 2.52. The quantitative estimate of drug-likeness (QED) is 0.592. The molecule has 0 aliphatic rings. The zero-order valence-electron chi connectivity index (χ0n) is 12.3. The van der Waals surface area contributed by atoms with E-state index >= 15 is 0 Å². The zero-order valence-corrected chi connectivity index (χ0v) is 14.5. The Kier molecular flexibility index (Phi) is 6.04. The SMILES string of the molecule is C[C@H](OC(=O)c1cc(F)c(Cl)cc1Cl)C(=O)Nc1ccccc1Cl. The molecule has 1 atom stereocenters. The van der Waals surface area contributed by atoms with E-state index in [1.54, 1.807) is 24.3 Å². The van der Waals surface area contributed by atoms with Crippen molar-refractivity contribution in [2.24, 2.45) is 0 Å². The summed E-state index contributed by atoms with van der Waals surface area (Å²) in [7, 11) is 0. The number of hydrogen-bond donors (Lipinski definition) is 1. The number of nitrogens with one attached hydrogen (secondary N) is 1. The van der Waals surface area contributed by atoms with Gasteiger partial charge in [0.05, 0.1) is 26.3 Å². The van der Waals surface area contributed by atoms with Crippen molar-refractivity contribution in [1.29, 1.82) is 0 Å². The van der Waals surface area contributed by atoms with Gasteiger partial charge in [-0.2, -0.15) is 0 Å². The maximum absolute atomic E-state index is 13.5. The highest BCUT2D eigenvalue weighted by molar-refractivity contribution is 6.36. The summed E-state index contributed by atoms with van der Waals surface area (Å²) in [5, 5.41) is 2.57. The summed E-state index contributed by atoms with van der Waals surface area (Å²) in [4.78, 5) is 24.1. The first-order chi connectivity index (χ1) is 11.3. The molecule has 126 valence electrons. The third-order valence-corrected chi connectivity index (χ3v) is 3.95. The molecule has 0 aliphatic carbocycles. The van der Waals surface area contributed by atoms with Gasteiger partial charge < -0.3 is 10.1 Å². The van der Waals surface area contributed by atoms with Crippen molar-refractivity contribution >= 4 is 52.4 Å². The van der Waals surface area contributed by atoms with E-state index < -0.39 is 23.8 Å². The fourth-order valence-electron chi connectivity index (χ4n) is 1.75. The topological polar surface area (TPSA) is 55.4 Å². The van der Waals surface area contributed by atoms with Crippen molar-refractivity contribution in [2.75, 3.05) is 5.32 Å². The highest BCUT2D eigenvalue weighted by Crippen LogP contribution is 2.25. The number of halogens is 4. The predicted molar refractivity (Wildman–Crippen MR) is 91.4 cm³/mol. The monoisotopic (exact) mass is 389 g/mol. The molecule has 0 aliphatic heterocycles. The summed E-state index contributed by atoms with van der Waals surface area (Å²) in [5.41, 5.74) is 0.151. The van der Waals surface area contributed by atoms with E-state index in [1.165, 1.54) is 6.92 Å². The lowest BCUT2D eigenvalue weighted by atomic mass is 10.2. The average molecular weight is 391 g/mol. The van der Waals surface area contributed by atoms with Gasteiger partial charge in [0.15, 0.2) is 6.10 Å². The smallest absolute Gasteiger partial charge is 0.340 e. The number of benzene rings is 2. The van der Waals surface area contributed by atoms with Crippen LogP contribution in [0.1, 0.15) is 17.3 Å². The number of para-hydroxylation sites is 1. The lowest BCUT2D eigenvalue weighted by Gasteiger charge is -2.15. The molecule has 0 radical (unpaired) electrons. The highest BCUT2D eigenvalue weighted by Gasteiger charge is 2.22. The first-order valence-corrected chi connectivity index (χ1v) is 7.84. The van der Waals surface area contributed by atoms with E-state index in [4.69, 9.17) is 39.5 Å². The van der Waals surface area contributed by atoms with Crippen LogP contribution in [0.5, 0.6) is 0 Å². The molecule has 0 fully saturated rings. The predicted octanol–water partition coefficient (Wildman–Crippen LogP) is 4.97. The van der Waals surface area contributed by atoms with Gasteiger partial charge >= 0.3 is 5.97 Å². The van der Waals surface area contributed by atoms with Crippen LogP contribution in [-0.2, 0) is 9.53 Å². The van der Waals surface area contributed by atoms with E-state index in [-0.39, 0.29) is 15.6 Å². The Bertz CT molecular complexity index is 798. The van der Waals surface area contributed by atoms with Gasteiger partial charge in [0.2, 0.25) is 0 Å². The van der Waals surface area contributed by atoms with Crippen LogP contribution in [0.3, 0.4) is 0 Å². The number of rotatable bonds is 4. The van der Waals surface area contributed by atoms with Crippen molar-refractivity contribution in [3.05, 3.63) is 62.8 Å². The summed E-state index contributed by atoms with van der Waals surface area (Å²) in [6.07, 6.45) is -1.15. The van der Waals surface area contributed by atoms with Crippen molar-refractivity contribution in [3.63, 3.8) is 0 Å². The molecule has 0 heterocycles. The Balaban J connectivity index is 2.07. The Labute approximate surface area is 152 Å². The van der Waals surface area contributed by atoms with Crippen molar-refractivity contribution in [3.8, 4) is 0 Å². The second kappa shape index (κ2) is 7.83. The lowest BCUT2D eigenvalue weighted by Crippen LogP contribution is -2.30. The van der Waals surface area contributed by atoms with Gasteiger partial charge in [-0.3, -0.25) is 4.79 Å². The third kappa shape index (κ3) is 4.38. The Morgan fingerprint density at radius 2 is 1.75 bits per heavy atom. The maximum Gasteiger partial charge on any atom is 0.340 e. The van der Waals surface area contributed by atoms with Gasteiger partial charge in [0.1, 0.15) is 5.82 Å². The van der Waals surface area contributed by atoms with Crippen LogP contribution in [0.25, 0.3) is 0 Å². The number of esters is 1. The van der Waals surface area contributed by atoms with Crippen LogP contribution < -0.4 is 5.32 Å². The van der Waals surface area contributed by atoms with Gasteiger partial charge in [-0.15, -0.1) is 0 Å². The Morgan fingerprint density at radius 3 is 2.42 bits per heavy atom. The van der Waals surface area contributed by atoms with E-state index in [0.29, 0.717) is 10.7 Å². The number of ether oxygens (including phenoxy) is 1. The van der Waals surface area contributed by atoms with E-state index in [2.05, 4.69) is 5.32 Å². The normalized spacial score (nSPS) is 11.7. The molecule has 24 heavy (non-hydrogen) atoms. The van der Waals surface area contributed by atoms with Crippen molar-refractivity contribution in [1.82, 2.24) is 0 Å². The molecule has 2 aromatic carbocycles. The molecule has 0 bridgehead atoms. The zero-order chi connectivity index (χ0) is 17.9. The molecule has 0 unspecified atom stereocenters. The molecule has 0 saturated carbocycles. The third-order valence-electron chi connectivity index (χ3n) is 3.01. The second-order valence-electron chi connectivity index (χ2n) is 4.76. The molecule has 1 N–H and O–H groups in total. The number of amides is 1. The summed E-state index contributed by atoms with van der Waals surface area (Å²) >= 11 is 17.3. The fourth-order valence-corrected chi connectivity index (χ4v) is 2.40. The van der Waals surface area contributed by atoms with Gasteiger partial charge in [0.25, 0.3) is 5.91 Å². The molecule has 2 rings (SSSR count). The summed E-state index contributed by atoms with van der Waals surface area (Å²) in [6, 6.07) is 8.53. The minimum atomic E-state index is -1.15. The molecular formula is C16H11Cl3FNO3. The number of carbonyl (C=O) groups is 2. The highest BCUT2D eigenvalue weighted by atomic mass is 35.5. The van der Waals surface area contributed by atoms with Crippen molar-refractivity contribution < 1.29 is 18.7 Å². The molecular weight excluding hydrogens is 380 g/mol. The van der Waals surface area contributed by atoms with Gasteiger partial charge in [-0.25, -0.2) is 9.18 Å². The first kappa shape index (κ1) is 18.5. The lowest BCUT2D eigenvalue weighted by molar-refractivity contribution is -0.123. The number of anilines is 1. The van der Waals surface area contributed by atoms with E-state index in [0.717, 1.165) is 12.1 Å². The largest absolute Gasteiger partial charge is 0.449 e. The van der Waals surface area contributed by atoms with E-state index in [9.17, 15) is 14.0 Å². The maximum atomic E-state index is 13.5. The molecule has 0 saturated heterocycles. The van der Waals surface area contributed by atoms with Gasteiger partial charge in [-0.05, 0) is 31.2 Å². The summed E-state index contributed by atoms with van der Waals surface area (Å²) < 4.78 is 18.5. The molecule has 1 amide bonds. The van der Waals surface area contributed by atoms with Crippen LogP contribution in [0.4, 0.5) is 10.1 Å². The number of hydrogen-bond acceptors (Lipinski definition) is 3. The van der Waals surface area contributed by atoms with Gasteiger partial charge in [0, 0.05) is 0 Å². The Hall–Kier alpha value is -1.82. The number of carbonyl (C=O) groups excluding carboxylic acids is 2. The molecule has 8 heteroatoms. The minimum absolute atomic E-state index is 0.0786. The van der Waals surface area contributed by atoms with Crippen LogP contribution in [0, 0.1) is 5.82 Å². The summed E-state index contributed by atoms with van der Waals surface area (Å²) in [6.45, 7) is 1.37. The first-order valence-electron chi connectivity index (χ1n) is 6.70. The van der Waals surface area contributed by atoms with Gasteiger partial charge in [-0.1, -0.05) is 46.9 Å². The standard InChI is InChI=1S/C16H11Cl3FNO3/c1-8(15(22)21-14-5-3-2-4-10(14)17)24-16(23)9-6-13(20)12(19)7-11(9)18/h2-8H,1H3,(H,21,22)/t8-/m0/s1. The van der Waals surface area contributed by atoms with Crippen LogP contribution >= 0.6 is 34.8 Å². The molecule has 2 aromatic rings. The summed E-state index contributed by atoms with van der Waals surface area (Å²) in [5.74, 6) is -2.36. The molecule has 0 spiro atoms. The molecule has 4 nitrogen and oxygen atoms in total. The fraction of sp³-hybridized carbons (Fsp3) is 0.125. The van der Waals surface area contributed by atoms with Crippen LogP contribution in [0.2, 0.25) is 15.1 Å². The van der Waals surface area contributed by atoms with Crippen LogP contribution in [0.15, 0.2) is 36.4 Å². The van der Waals surface area contributed by atoms with Crippen LogP contribution in [-0.4, -0.2) is 18.0 Å². The minimum Gasteiger partial charge on any atom is -0.449 e. The Morgan fingerprint density at radius 1 is 1.08 bits per heavy atom. The molecule has 0 aromatic heterocycles. The van der Waals surface area contributed by atoms with Crippen molar-refractivity contribution in [2.45, 2.75) is 13.0 Å².